The SMILES string of the molecule is O=C1[C@@H](CN2CCOCC2)CCC[C@H]1CN1CCOCC1. The summed E-state index contributed by atoms with van der Waals surface area (Å²) in [5.41, 5.74) is 0. The van der Waals surface area contributed by atoms with Crippen LogP contribution in [0.5, 0.6) is 0 Å². The topological polar surface area (TPSA) is 42.0 Å². The molecule has 0 N–H and O–H groups in total. The summed E-state index contributed by atoms with van der Waals surface area (Å²) in [7, 11) is 0. The maximum atomic E-state index is 12.8. The van der Waals surface area contributed by atoms with E-state index in [1.807, 2.05) is 0 Å². The van der Waals surface area contributed by atoms with Crippen LogP contribution in [0, 0.1) is 11.8 Å². The molecule has 0 spiro atoms. The zero-order chi connectivity index (χ0) is 14.5. The Kier molecular flexibility index (Phi) is 5.63. The maximum Gasteiger partial charge on any atom is 0.141 e. The van der Waals surface area contributed by atoms with Crippen molar-refractivity contribution in [3.05, 3.63) is 0 Å². The van der Waals surface area contributed by atoms with Gasteiger partial charge in [0.25, 0.3) is 0 Å². The van der Waals surface area contributed by atoms with Gasteiger partial charge in [-0.25, -0.2) is 0 Å². The van der Waals surface area contributed by atoms with Crippen molar-refractivity contribution >= 4 is 5.78 Å². The van der Waals surface area contributed by atoms with E-state index in [4.69, 9.17) is 9.47 Å². The van der Waals surface area contributed by atoms with Crippen LogP contribution < -0.4 is 0 Å². The highest BCUT2D eigenvalue weighted by Crippen LogP contribution is 2.27. The second-order valence-electron chi connectivity index (χ2n) is 6.55. The van der Waals surface area contributed by atoms with Gasteiger partial charge in [-0.15, -0.1) is 0 Å². The fraction of sp³-hybridized carbons (Fsp3) is 0.938. The van der Waals surface area contributed by atoms with Crippen LogP contribution in [0.2, 0.25) is 0 Å². The van der Waals surface area contributed by atoms with Crippen molar-refractivity contribution in [3.8, 4) is 0 Å². The molecule has 21 heavy (non-hydrogen) atoms. The largest absolute Gasteiger partial charge is 0.379 e. The number of hydrogen-bond acceptors (Lipinski definition) is 5. The number of rotatable bonds is 4. The lowest BCUT2D eigenvalue weighted by Gasteiger charge is -2.36. The number of ether oxygens (including phenoxy) is 2. The molecule has 0 aromatic rings. The third-order valence-electron chi connectivity index (χ3n) is 5.07. The number of nitrogens with zero attached hydrogens (tertiary/aromatic N) is 2. The van der Waals surface area contributed by atoms with Crippen molar-refractivity contribution in [1.29, 1.82) is 0 Å². The van der Waals surface area contributed by atoms with Gasteiger partial charge in [0.2, 0.25) is 0 Å². The Hall–Kier alpha value is -0.490. The van der Waals surface area contributed by atoms with Crippen LogP contribution in [-0.4, -0.2) is 81.3 Å². The van der Waals surface area contributed by atoms with E-state index < -0.39 is 0 Å². The van der Waals surface area contributed by atoms with E-state index in [-0.39, 0.29) is 11.8 Å². The monoisotopic (exact) mass is 296 g/mol. The highest BCUT2D eigenvalue weighted by Gasteiger charge is 2.33. The summed E-state index contributed by atoms with van der Waals surface area (Å²) in [6, 6.07) is 0. The van der Waals surface area contributed by atoms with Crippen molar-refractivity contribution < 1.29 is 14.3 Å². The van der Waals surface area contributed by atoms with Crippen LogP contribution in [0.4, 0.5) is 0 Å². The molecule has 120 valence electrons. The van der Waals surface area contributed by atoms with Crippen LogP contribution >= 0.6 is 0 Å². The molecule has 2 atom stereocenters. The van der Waals surface area contributed by atoms with Crippen molar-refractivity contribution in [3.63, 3.8) is 0 Å². The molecule has 0 amide bonds. The number of hydrogen-bond donors (Lipinski definition) is 0. The number of carbonyl (C=O) groups excluding carboxylic acids is 1. The van der Waals surface area contributed by atoms with Crippen molar-refractivity contribution in [2.45, 2.75) is 19.3 Å². The Morgan fingerprint density at radius 2 is 1.24 bits per heavy atom. The van der Waals surface area contributed by atoms with Crippen molar-refractivity contribution in [2.24, 2.45) is 11.8 Å². The van der Waals surface area contributed by atoms with E-state index >= 15 is 0 Å². The molecule has 0 radical (unpaired) electrons. The molecule has 2 aliphatic heterocycles. The number of carbonyl (C=O) groups is 1. The molecule has 2 heterocycles. The molecule has 3 aliphatic rings. The number of ketones is 1. The first-order chi connectivity index (χ1) is 10.3. The Balaban J connectivity index is 1.50. The minimum Gasteiger partial charge on any atom is -0.379 e. The quantitative estimate of drug-likeness (QED) is 0.761. The number of Topliss-reactive ketones (excluding diaryl/α,β-unsaturated/α-hetero) is 1. The van der Waals surface area contributed by atoms with E-state index in [9.17, 15) is 4.79 Å². The zero-order valence-electron chi connectivity index (χ0n) is 13.0. The normalized spacial score (nSPS) is 33.2. The highest BCUT2D eigenvalue weighted by molar-refractivity contribution is 5.84. The minimum absolute atomic E-state index is 0.253. The molecule has 2 saturated heterocycles. The molecule has 0 unspecified atom stereocenters. The molecule has 5 nitrogen and oxygen atoms in total. The molecule has 3 fully saturated rings. The molecule has 1 saturated carbocycles. The fourth-order valence-corrected chi connectivity index (χ4v) is 3.78. The second-order valence-corrected chi connectivity index (χ2v) is 6.55. The van der Waals surface area contributed by atoms with Crippen LogP contribution in [0.25, 0.3) is 0 Å². The van der Waals surface area contributed by atoms with Gasteiger partial charge in [0.1, 0.15) is 5.78 Å². The van der Waals surface area contributed by atoms with Gasteiger partial charge in [0, 0.05) is 51.1 Å². The third kappa shape index (κ3) is 4.25. The maximum absolute atomic E-state index is 12.8. The Morgan fingerprint density at radius 3 is 1.67 bits per heavy atom. The summed E-state index contributed by atoms with van der Waals surface area (Å²) < 4.78 is 10.8. The first-order valence-electron chi connectivity index (χ1n) is 8.47. The van der Waals surface area contributed by atoms with E-state index in [0.717, 1.165) is 78.5 Å². The van der Waals surface area contributed by atoms with Crippen LogP contribution in [0.3, 0.4) is 0 Å². The lowest BCUT2D eigenvalue weighted by atomic mass is 9.79. The Morgan fingerprint density at radius 1 is 0.810 bits per heavy atom. The van der Waals surface area contributed by atoms with Gasteiger partial charge in [-0.3, -0.25) is 14.6 Å². The van der Waals surface area contributed by atoms with E-state index in [1.54, 1.807) is 0 Å². The molecule has 0 aromatic heterocycles. The molecular weight excluding hydrogens is 268 g/mol. The summed E-state index contributed by atoms with van der Waals surface area (Å²) >= 11 is 0. The second kappa shape index (κ2) is 7.68. The smallest absolute Gasteiger partial charge is 0.141 e. The first-order valence-corrected chi connectivity index (χ1v) is 8.47. The summed E-state index contributed by atoms with van der Waals surface area (Å²) in [6.45, 7) is 9.10. The first kappa shape index (κ1) is 15.4. The van der Waals surface area contributed by atoms with Crippen LogP contribution in [-0.2, 0) is 14.3 Å². The van der Waals surface area contributed by atoms with Crippen molar-refractivity contribution in [2.75, 3.05) is 65.7 Å². The van der Waals surface area contributed by atoms with E-state index in [1.165, 1.54) is 6.42 Å². The molecule has 5 heteroatoms. The third-order valence-corrected chi connectivity index (χ3v) is 5.07. The zero-order valence-corrected chi connectivity index (χ0v) is 13.0. The predicted molar refractivity (Wildman–Crippen MR) is 80.4 cm³/mol. The Labute approximate surface area is 127 Å². The summed E-state index contributed by atoms with van der Waals surface area (Å²) in [5, 5.41) is 0. The van der Waals surface area contributed by atoms with Gasteiger partial charge in [-0.2, -0.15) is 0 Å². The van der Waals surface area contributed by atoms with Gasteiger partial charge in [0.05, 0.1) is 26.4 Å². The Bertz CT molecular complexity index is 308. The molecule has 1 aliphatic carbocycles. The van der Waals surface area contributed by atoms with Gasteiger partial charge >= 0.3 is 0 Å². The number of morpholine rings is 2. The lowest BCUT2D eigenvalue weighted by molar-refractivity contribution is -0.131. The average Bonchev–Trinajstić information content (AvgIpc) is 2.53. The van der Waals surface area contributed by atoms with Gasteiger partial charge < -0.3 is 9.47 Å². The predicted octanol–water partition coefficient (Wildman–Crippen LogP) is 0.636. The summed E-state index contributed by atoms with van der Waals surface area (Å²) in [5.74, 6) is 1.02. The standard InChI is InChI=1S/C16H28N2O3/c19-16-14(12-17-4-8-20-9-5-17)2-1-3-15(16)13-18-6-10-21-11-7-18/h14-15H,1-13H2/t14-,15+. The van der Waals surface area contributed by atoms with Crippen LogP contribution in [0.15, 0.2) is 0 Å². The summed E-state index contributed by atoms with van der Waals surface area (Å²) in [4.78, 5) is 17.6. The van der Waals surface area contributed by atoms with E-state index in [0.29, 0.717) is 5.78 Å². The fourth-order valence-electron chi connectivity index (χ4n) is 3.78. The molecule has 0 bridgehead atoms. The molecule has 0 aromatic carbocycles. The molecule has 3 rings (SSSR count). The van der Waals surface area contributed by atoms with Gasteiger partial charge in [-0.1, -0.05) is 6.42 Å². The molecular formula is C16H28N2O3. The minimum atomic E-state index is 0.253. The van der Waals surface area contributed by atoms with Gasteiger partial charge in [-0.05, 0) is 12.8 Å². The highest BCUT2D eigenvalue weighted by atomic mass is 16.5. The van der Waals surface area contributed by atoms with Crippen LogP contribution in [0.1, 0.15) is 19.3 Å². The van der Waals surface area contributed by atoms with E-state index in [2.05, 4.69) is 9.80 Å². The lowest BCUT2D eigenvalue weighted by Crippen LogP contribution is -2.46. The van der Waals surface area contributed by atoms with Crippen molar-refractivity contribution in [1.82, 2.24) is 9.80 Å². The average molecular weight is 296 g/mol. The van der Waals surface area contributed by atoms with Gasteiger partial charge in [0.15, 0.2) is 0 Å². The summed E-state index contributed by atoms with van der Waals surface area (Å²) in [6.07, 6.45) is 3.36.